The molecule has 204 valence electrons. The Kier molecular flexibility index (Phi) is 12.0. The largest absolute Gasteiger partial charge is 1.00 e. The van der Waals surface area contributed by atoms with Gasteiger partial charge in [0.25, 0.3) is 0 Å². The number of hydrogen-bond acceptors (Lipinski definition) is 10. The van der Waals surface area contributed by atoms with Crippen LogP contribution in [-0.2, 0) is 29.1 Å². The number of aliphatic hydroxyl groups is 1. The number of aromatic nitrogens is 4. The first-order valence-corrected chi connectivity index (χ1v) is 12.4. The summed E-state index contributed by atoms with van der Waals surface area (Å²) in [7, 11) is 3.21. The average molecular weight is 541 g/mol. The number of carboxylic acid groups (broad SMARTS) is 1. The van der Waals surface area contributed by atoms with E-state index in [1.54, 1.807) is 18.9 Å². The monoisotopic (exact) mass is 540 g/mol. The van der Waals surface area contributed by atoms with Gasteiger partial charge in [0, 0.05) is 45.0 Å². The number of nitrogens with zero attached hydrogens (tertiary/aromatic N) is 5. The van der Waals surface area contributed by atoms with Crippen LogP contribution in [-0.4, -0.2) is 75.5 Å². The first kappa shape index (κ1) is 32.0. The molecule has 0 saturated heterocycles. The molecule has 2 N–H and O–H groups in total. The topological polar surface area (TPSA) is 155 Å². The number of carboxylic acids is 1. The van der Waals surface area contributed by atoms with Crippen molar-refractivity contribution in [2.45, 2.75) is 71.7 Å². The second-order valence-corrected chi connectivity index (χ2v) is 10.3. The third kappa shape index (κ3) is 8.37. The van der Waals surface area contributed by atoms with Crippen molar-refractivity contribution in [1.29, 1.82) is 0 Å². The Morgan fingerprint density at radius 3 is 2.45 bits per heavy atom. The Balaban J connectivity index is 0.00000507. The number of tetrazole rings is 1. The van der Waals surface area contributed by atoms with E-state index in [4.69, 9.17) is 9.47 Å². The van der Waals surface area contributed by atoms with Crippen molar-refractivity contribution in [3.05, 3.63) is 29.1 Å². The summed E-state index contributed by atoms with van der Waals surface area (Å²) >= 11 is 0. The van der Waals surface area contributed by atoms with E-state index in [2.05, 4.69) is 20.8 Å². The molecular formula is C25H37N6NaO6. The number of carbonyl (C=O) groups is 2. The molecule has 2 heterocycles. The Morgan fingerprint density at radius 1 is 1.18 bits per heavy atom. The van der Waals surface area contributed by atoms with Crippen LogP contribution in [0.3, 0.4) is 0 Å². The van der Waals surface area contributed by atoms with Crippen LogP contribution in [0.15, 0.2) is 12.1 Å². The first-order chi connectivity index (χ1) is 17.5. The van der Waals surface area contributed by atoms with Crippen LogP contribution in [0, 0.1) is 5.41 Å². The van der Waals surface area contributed by atoms with Crippen molar-refractivity contribution >= 4 is 11.9 Å². The summed E-state index contributed by atoms with van der Waals surface area (Å²) in [6.45, 7) is 7.65. The van der Waals surface area contributed by atoms with Gasteiger partial charge >= 0.3 is 29.6 Å². The summed E-state index contributed by atoms with van der Waals surface area (Å²) in [5, 5.41) is 36.0. The summed E-state index contributed by atoms with van der Waals surface area (Å²) in [6.07, 6.45) is 0.0999. The number of nitrogens with one attached hydrogen (secondary N) is 1. The number of ether oxygens (including phenoxy) is 2. The standard InChI is InChI=1S/C25H38N6O6.Na/c1-25(2,3)23(26-14-18(32)13-22(34)35)24-27-28-29-31(24)9-6-7-21(33)30-10-8-16-11-19(36-4)20(37-5)12-17(16)15-30;/h11-12,18,23,26,32H,6-10,13-15H2,1-5H3,(H,34,35);/q;+1/p-1. The van der Waals surface area contributed by atoms with E-state index in [0.717, 1.165) is 17.5 Å². The molecule has 1 aliphatic heterocycles. The zero-order valence-corrected chi connectivity index (χ0v) is 25.2. The predicted molar refractivity (Wildman–Crippen MR) is 132 cm³/mol. The zero-order chi connectivity index (χ0) is 27.2. The fourth-order valence-corrected chi connectivity index (χ4v) is 4.52. The van der Waals surface area contributed by atoms with E-state index in [-0.39, 0.29) is 53.5 Å². The van der Waals surface area contributed by atoms with Gasteiger partial charge in [0.2, 0.25) is 5.91 Å². The van der Waals surface area contributed by atoms with Gasteiger partial charge in [-0.1, -0.05) is 20.8 Å². The molecular weight excluding hydrogens is 503 g/mol. The van der Waals surface area contributed by atoms with Crippen molar-refractivity contribution in [3.63, 3.8) is 0 Å². The number of hydrogen-bond donors (Lipinski definition) is 2. The molecule has 0 saturated carbocycles. The number of fused-ring (bicyclic) bond motifs is 1. The number of rotatable bonds is 12. The molecule has 1 aromatic heterocycles. The number of methoxy groups -OCH3 is 2. The van der Waals surface area contributed by atoms with E-state index >= 15 is 0 Å². The van der Waals surface area contributed by atoms with E-state index in [9.17, 15) is 19.8 Å². The quantitative estimate of drug-likeness (QED) is 0.271. The van der Waals surface area contributed by atoms with Crippen molar-refractivity contribution in [2.24, 2.45) is 5.41 Å². The normalized spacial score (nSPS) is 14.7. The van der Waals surface area contributed by atoms with Gasteiger partial charge in [0.1, 0.15) is 0 Å². The van der Waals surface area contributed by atoms with E-state index in [1.807, 2.05) is 37.8 Å². The zero-order valence-electron chi connectivity index (χ0n) is 23.2. The Bertz CT molecular complexity index is 1090. The fraction of sp³-hybridized carbons (Fsp3) is 0.640. The predicted octanol–water partition coefficient (Wildman–Crippen LogP) is -2.76. The molecule has 0 spiro atoms. The van der Waals surface area contributed by atoms with Gasteiger partial charge in [-0.3, -0.25) is 4.79 Å². The molecule has 0 aliphatic carbocycles. The van der Waals surface area contributed by atoms with Gasteiger partial charge in [0.05, 0.1) is 26.4 Å². The third-order valence-corrected chi connectivity index (χ3v) is 6.48. The summed E-state index contributed by atoms with van der Waals surface area (Å²) in [6, 6.07) is 3.57. The van der Waals surface area contributed by atoms with Crippen LogP contribution in [0.5, 0.6) is 11.5 Å². The van der Waals surface area contributed by atoms with Crippen LogP contribution >= 0.6 is 0 Å². The van der Waals surface area contributed by atoms with Crippen molar-refractivity contribution in [2.75, 3.05) is 27.3 Å². The maximum Gasteiger partial charge on any atom is 1.00 e. The number of aryl methyl sites for hydroxylation is 1. The van der Waals surface area contributed by atoms with Crippen LogP contribution in [0.2, 0.25) is 0 Å². The van der Waals surface area contributed by atoms with Gasteiger partial charge in [-0.25, -0.2) is 4.68 Å². The molecule has 1 aliphatic rings. The molecule has 0 bridgehead atoms. The summed E-state index contributed by atoms with van der Waals surface area (Å²) in [4.78, 5) is 25.6. The van der Waals surface area contributed by atoms with Gasteiger partial charge in [-0.15, -0.1) is 5.10 Å². The minimum Gasteiger partial charge on any atom is -0.550 e. The van der Waals surface area contributed by atoms with Crippen molar-refractivity contribution < 1.29 is 58.8 Å². The molecule has 38 heavy (non-hydrogen) atoms. The average Bonchev–Trinajstić information content (AvgIpc) is 3.29. The SMILES string of the molecule is COc1cc2c(cc1OC)CN(C(=O)CCCn1nnnc1C(NCC(O)CC(=O)[O-])C(C)(C)C)CC2.[Na+]. The molecule has 12 nitrogen and oxygen atoms in total. The Hall–Kier alpha value is -2.25. The maximum atomic E-state index is 13.0. The van der Waals surface area contributed by atoms with Crippen LogP contribution in [0.1, 0.15) is 63.0 Å². The van der Waals surface area contributed by atoms with E-state index in [0.29, 0.717) is 49.8 Å². The molecule has 1 aromatic carbocycles. The summed E-state index contributed by atoms with van der Waals surface area (Å²) < 4.78 is 12.5. The van der Waals surface area contributed by atoms with Gasteiger partial charge in [0.15, 0.2) is 17.3 Å². The Labute approximate surface area is 245 Å². The molecule has 0 radical (unpaired) electrons. The fourth-order valence-electron chi connectivity index (χ4n) is 4.52. The second-order valence-electron chi connectivity index (χ2n) is 10.3. The number of aliphatic carboxylic acids is 1. The van der Waals surface area contributed by atoms with E-state index < -0.39 is 18.5 Å². The minimum atomic E-state index is -1.31. The third-order valence-electron chi connectivity index (χ3n) is 6.48. The summed E-state index contributed by atoms with van der Waals surface area (Å²) in [5.74, 6) is 0.650. The molecule has 0 fully saturated rings. The van der Waals surface area contributed by atoms with Crippen LogP contribution in [0.4, 0.5) is 0 Å². The molecule has 13 heteroatoms. The second kappa shape index (κ2) is 14.2. The first-order valence-electron chi connectivity index (χ1n) is 12.4. The van der Waals surface area contributed by atoms with Crippen LogP contribution < -0.4 is 49.5 Å². The number of benzene rings is 1. The number of amides is 1. The summed E-state index contributed by atoms with van der Waals surface area (Å²) in [5.41, 5.74) is 1.89. The van der Waals surface area contributed by atoms with Crippen molar-refractivity contribution in [1.82, 2.24) is 30.4 Å². The van der Waals surface area contributed by atoms with Gasteiger partial charge < -0.3 is 34.7 Å². The van der Waals surface area contributed by atoms with Gasteiger partial charge in [-0.2, -0.15) is 0 Å². The Morgan fingerprint density at radius 2 is 1.84 bits per heavy atom. The minimum absolute atomic E-state index is 0. The number of aliphatic hydroxyl groups excluding tert-OH is 1. The van der Waals surface area contributed by atoms with E-state index in [1.165, 1.54) is 0 Å². The smallest absolute Gasteiger partial charge is 0.550 e. The van der Waals surface area contributed by atoms with Gasteiger partial charge in [-0.05, 0) is 51.9 Å². The molecule has 1 amide bonds. The van der Waals surface area contributed by atoms with Crippen molar-refractivity contribution in [3.8, 4) is 11.5 Å². The molecule has 3 rings (SSSR count). The molecule has 2 aromatic rings. The molecule has 2 unspecified atom stereocenters. The molecule has 2 atom stereocenters. The number of carbonyl (C=O) groups excluding carboxylic acids is 2. The maximum absolute atomic E-state index is 13.0. The van der Waals surface area contributed by atoms with Crippen LogP contribution in [0.25, 0.3) is 0 Å².